The van der Waals surface area contributed by atoms with Crippen LogP contribution >= 0.6 is 22.9 Å². The second-order valence-electron chi connectivity index (χ2n) is 10.5. The summed E-state index contributed by atoms with van der Waals surface area (Å²) in [4.78, 5) is 47.5. The van der Waals surface area contributed by atoms with E-state index in [2.05, 4.69) is 4.98 Å². The molecule has 186 valence electrons. The standard InChI is InChI=1S/C25H28ClN3O5S/c1-13-12-28(22(31)33-24(2,3)4)19-18-14-8-11-17(26)27-15(14)9-10-16(18)35-20(19)21(30)29(13)23(32)34-25(5,6)7/h8-11,13H,12H2,1-7H3/t13-/m0/s1. The first-order chi connectivity index (χ1) is 16.2. The van der Waals surface area contributed by atoms with Crippen LogP contribution < -0.4 is 4.90 Å². The van der Waals surface area contributed by atoms with Crippen LogP contribution in [0.1, 0.15) is 58.1 Å². The highest BCUT2D eigenvalue weighted by atomic mass is 35.5. The zero-order chi connectivity index (χ0) is 25.9. The predicted molar refractivity (Wildman–Crippen MR) is 138 cm³/mol. The summed E-state index contributed by atoms with van der Waals surface area (Å²) in [6.45, 7) is 12.3. The molecule has 0 bridgehead atoms. The lowest BCUT2D eigenvalue weighted by molar-refractivity contribution is 0.0182. The molecule has 0 unspecified atom stereocenters. The van der Waals surface area contributed by atoms with Crippen molar-refractivity contribution in [3.63, 3.8) is 0 Å². The minimum absolute atomic E-state index is 0.0378. The molecule has 4 rings (SSSR count). The topological polar surface area (TPSA) is 89.0 Å². The van der Waals surface area contributed by atoms with Gasteiger partial charge in [0.05, 0.1) is 23.8 Å². The maximum atomic E-state index is 13.8. The summed E-state index contributed by atoms with van der Waals surface area (Å²) in [6, 6.07) is 6.47. The van der Waals surface area contributed by atoms with E-state index in [-0.39, 0.29) is 11.4 Å². The molecular weight excluding hydrogens is 490 g/mol. The number of hydrogen-bond donors (Lipinski definition) is 0. The van der Waals surface area contributed by atoms with Crippen LogP contribution in [0.15, 0.2) is 24.3 Å². The molecule has 10 heteroatoms. The first-order valence-corrected chi connectivity index (χ1v) is 12.4. The Labute approximate surface area is 212 Å². The smallest absolute Gasteiger partial charge is 0.417 e. The summed E-state index contributed by atoms with van der Waals surface area (Å²) in [5.74, 6) is -0.524. The van der Waals surface area contributed by atoms with Gasteiger partial charge in [0.15, 0.2) is 0 Å². The molecule has 3 heterocycles. The number of aromatic nitrogens is 1. The number of pyridine rings is 1. The average Bonchev–Trinajstić information content (AvgIpc) is 3.04. The number of rotatable bonds is 0. The Bertz CT molecular complexity index is 1360. The molecule has 1 aromatic carbocycles. The van der Waals surface area contributed by atoms with E-state index in [1.165, 1.54) is 16.2 Å². The van der Waals surface area contributed by atoms with Crippen molar-refractivity contribution in [2.45, 2.75) is 65.7 Å². The lowest BCUT2D eigenvalue weighted by Crippen LogP contribution is -2.49. The second-order valence-corrected chi connectivity index (χ2v) is 12.0. The fourth-order valence-electron chi connectivity index (χ4n) is 3.97. The van der Waals surface area contributed by atoms with E-state index in [0.29, 0.717) is 21.7 Å². The van der Waals surface area contributed by atoms with Crippen LogP contribution in [0.25, 0.3) is 21.0 Å². The van der Waals surface area contributed by atoms with E-state index in [9.17, 15) is 14.4 Å². The van der Waals surface area contributed by atoms with Gasteiger partial charge in [-0.1, -0.05) is 11.6 Å². The van der Waals surface area contributed by atoms with E-state index >= 15 is 0 Å². The average molecular weight is 518 g/mol. The second kappa shape index (κ2) is 8.64. The quantitative estimate of drug-likeness (QED) is 0.311. The van der Waals surface area contributed by atoms with Crippen molar-refractivity contribution in [2.75, 3.05) is 11.4 Å². The number of nitrogens with zero attached hydrogens (tertiary/aromatic N) is 3. The molecule has 1 aliphatic rings. The lowest BCUT2D eigenvalue weighted by atomic mass is 10.1. The fourth-order valence-corrected chi connectivity index (χ4v) is 5.28. The molecule has 2 aromatic heterocycles. The highest BCUT2D eigenvalue weighted by molar-refractivity contribution is 7.21. The van der Waals surface area contributed by atoms with Gasteiger partial charge in [-0.3, -0.25) is 9.69 Å². The van der Waals surface area contributed by atoms with E-state index in [1.54, 1.807) is 54.5 Å². The number of thiophene rings is 1. The molecular formula is C25H28ClN3O5S. The Kier molecular flexibility index (Phi) is 6.22. The molecule has 0 saturated carbocycles. The third-order valence-corrected chi connectivity index (χ3v) is 6.58. The molecule has 3 amide bonds. The Hall–Kier alpha value is -2.91. The number of carbonyl (C=O) groups excluding carboxylic acids is 3. The number of anilines is 1. The number of amides is 3. The van der Waals surface area contributed by atoms with Crippen LogP contribution in [-0.2, 0) is 9.47 Å². The van der Waals surface area contributed by atoms with Crippen LogP contribution in [0.4, 0.5) is 15.3 Å². The first kappa shape index (κ1) is 25.2. The molecule has 0 saturated heterocycles. The molecule has 0 aliphatic carbocycles. The molecule has 0 fully saturated rings. The van der Waals surface area contributed by atoms with Crippen molar-refractivity contribution in [3.05, 3.63) is 34.3 Å². The van der Waals surface area contributed by atoms with Crippen LogP contribution in [0, 0.1) is 0 Å². The Morgan fingerprint density at radius 3 is 2.29 bits per heavy atom. The summed E-state index contributed by atoms with van der Waals surface area (Å²) >= 11 is 7.32. The number of imide groups is 1. The largest absolute Gasteiger partial charge is 0.443 e. The molecule has 8 nitrogen and oxygen atoms in total. The maximum Gasteiger partial charge on any atom is 0.417 e. The molecule has 1 atom stereocenters. The SMILES string of the molecule is C[C@H]1CN(C(=O)OC(C)(C)C)c2c(sc3ccc4nc(Cl)ccc4c23)C(=O)N1C(=O)OC(C)(C)C. The summed E-state index contributed by atoms with van der Waals surface area (Å²) in [6.07, 6.45) is -1.37. The van der Waals surface area contributed by atoms with Crippen molar-refractivity contribution >= 4 is 67.7 Å². The first-order valence-electron chi connectivity index (χ1n) is 11.2. The normalized spacial score (nSPS) is 16.9. The van der Waals surface area contributed by atoms with Gasteiger partial charge in [0, 0.05) is 15.5 Å². The van der Waals surface area contributed by atoms with Crippen molar-refractivity contribution in [2.24, 2.45) is 0 Å². The molecule has 3 aromatic rings. The summed E-state index contributed by atoms with van der Waals surface area (Å²) in [5, 5.41) is 1.76. The van der Waals surface area contributed by atoms with Gasteiger partial charge in [-0.25, -0.2) is 19.5 Å². The van der Waals surface area contributed by atoms with Crippen molar-refractivity contribution < 1.29 is 23.9 Å². The summed E-state index contributed by atoms with van der Waals surface area (Å²) in [7, 11) is 0. The molecule has 0 spiro atoms. The Morgan fingerprint density at radius 2 is 1.66 bits per heavy atom. The highest BCUT2D eigenvalue weighted by Gasteiger charge is 2.42. The van der Waals surface area contributed by atoms with Gasteiger partial charge in [-0.05, 0) is 72.7 Å². The molecule has 0 radical (unpaired) electrons. The van der Waals surface area contributed by atoms with Gasteiger partial charge in [-0.2, -0.15) is 0 Å². The number of hydrogen-bond acceptors (Lipinski definition) is 7. The summed E-state index contributed by atoms with van der Waals surface area (Å²) < 4.78 is 12.0. The fraction of sp³-hybridized carbons (Fsp3) is 0.440. The van der Waals surface area contributed by atoms with E-state index < -0.39 is 35.3 Å². The minimum atomic E-state index is -0.793. The van der Waals surface area contributed by atoms with Gasteiger partial charge < -0.3 is 9.47 Å². The van der Waals surface area contributed by atoms with E-state index in [0.717, 1.165) is 15.0 Å². The van der Waals surface area contributed by atoms with Gasteiger partial charge in [-0.15, -0.1) is 11.3 Å². The van der Waals surface area contributed by atoms with Gasteiger partial charge in [0.2, 0.25) is 0 Å². The number of halogens is 1. The predicted octanol–water partition coefficient (Wildman–Crippen LogP) is 6.62. The van der Waals surface area contributed by atoms with Crippen molar-refractivity contribution in [1.29, 1.82) is 0 Å². The highest BCUT2D eigenvalue weighted by Crippen LogP contribution is 2.45. The van der Waals surface area contributed by atoms with E-state index in [1.807, 2.05) is 18.2 Å². The number of carbonyl (C=O) groups is 3. The number of ether oxygens (including phenoxy) is 2. The zero-order valence-electron chi connectivity index (χ0n) is 20.8. The van der Waals surface area contributed by atoms with Gasteiger partial charge in [0.25, 0.3) is 5.91 Å². The van der Waals surface area contributed by atoms with Crippen LogP contribution in [0.3, 0.4) is 0 Å². The Balaban J connectivity index is 1.97. The lowest BCUT2D eigenvalue weighted by Gasteiger charge is -2.31. The monoisotopic (exact) mass is 517 g/mol. The number of fused-ring (bicyclic) bond motifs is 5. The molecule has 1 aliphatic heterocycles. The summed E-state index contributed by atoms with van der Waals surface area (Å²) in [5.41, 5.74) is -0.524. The molecule has 35 heavy (non-hydrogen) atoms. The third kappa shape index (κ3) is 4.92. The Morgan fingerprint density at radius 1 is 1.03 bits per heavy atom. The van der Waals surface area contributed by atoms with Gasteiger partial charge >= 0.3 is 12.2 Å². The van der Waals surface area contributed by atoms with Crippen molar-refractivity contribution in [1.82, 2.24) is 9.88 Å². The zero-order valence-corrected chi connectivity index (χ0v) is 22.3. The minimum Gasteiger partial charge on any atom is -0.443 e. The molecule has 0 N–H and O–H groups in total. The van der Waals surface area contributed by atoms with Crippen LogP contribution in [0.5, 0.6) is 0 Å². The van der Waals surface area contributed by atoms with Crippen LogP contribution in [0.2, 0.25) is 5.15 Å². The van der Waals surface area contributed by atoms with Gasteiger partial charge in [0.1, 0.15) is 21.2 Å². The number of benzene rings is 1. The van der Waals surface area contributed by atoms with Crippen LogP contribution in [-0.4, -0.2) is 51.8 Å². The van der Waals surface area contributed by atoms with Crippen molar-refractivity contribution in [3.8, 4) is 0 Å². The van der Waals surface area contributed by atoms with E-state index in [4.69, 9.17) is 21.1 Å². The third-order valence-electron chi connectivity index (χ3n) is 5.24. The maximum absolute atomic E-state index is 13.8.